The lowest BCUT2D eigenvalue weighted by molar-refractivity contribution is 0.239. The molecule has 0 amide bonds. The predicted molar refractivity (Wildman–Crippen MR) is 144 cm³/mol. The third-order valence-corrected chi connectivity index (χ3v) is 7.29. The van der Waals surface area contributed by atoms with E-state index < -0.39 is 0 Å². The first kappa shape index (κ1) is 24.5. The SMILES string of the molecule is Cc1ccc(C(=C=C(CCCCO)c2ccccc2)[C@H]2C=CC(C3CCN(C)CC3)=CC2)cc1. The maximum Gasteiger partial charge on any atom is 0.0431 e. The van der Waals surface area contributed by atoms with Crippen molar-refractivity contribution in [2.24, 2.45) is 11.8 Å². The Kier molecular flexibility index (Phi) is 8.77. The Balaban J connectivity index is 1.68. The minimum Gasteiger partial charge on any atom is -0.396 e. The molecule has 0 radical (unpaired) electrons. The van der Waals surface area contributed by atoms with Gasteiger partial charge in [-0.25, -0.2) is 0 Å². The summed E-state index contributed by atoms with van der Waals surface area (Å²) in [5.41, 5.74) is 11.7. The normalized spacial score (nSPS) is 18.9. The fraction of sp³-hybridized carbons (Fsp3) is 0.406. The summed E-state index contributed by atoms with van der Waals surface area (Å²) in [4.78, 5) is 2.44. The van der Waals surface area contributed by atoms with Gasteiger partial charge >= 0.3 is 0 Å². The number of nitrogens with zero attached hydrogens (tertiary/aromatic N) is 1. The fourth-order valence-corrected chi connectivity index (χ4v) is 5.10. The summed E-state index contributed by atoms with van der Waals surface area (Å²) in [7, 11) is 2.23. The molecule has 0 aromatic heterocycles. The number of allylic oxidation sites excluding steroid dienone is 5. The second-order valence-electron chi connectivity index (χ2n) is 9.91. The number of rotatable bonds is 8. The lowest BCUT2D eigenvalue weighted by Crippen LogP contribution is -2.30. The number of hydrogen-bond acceptors (Lipinski definition) is 2. The first-order valence-electron chi connectivity index (χ1n) is 12.9. The summed E-state index contributed by atoms with van der Waals surface area (Å²) < 4.78 is 0. The standard InChI is InChI=1S/C32H39NO/c1-25-11-13-29(14-12-25)32(24-31(10-6-7-23-34)26-8-4-3-5-9-26)30-17-15-27(16-18-30)28-19-21-33(2)22-20-28/h3-5,8-9,11-17,28,30,34H,6-7,10,18-23H2,1-2H3/t24?,30-/m0/s1. The van der Waals surface area contributed by atoms with E-state index in [0.717, 1.165) is 25.7 Å². The molecule has 0 bridgehead atoms. The summed E-state index contributed by atoms with van der Waals surface area (Å²) in [5.74, 6) is 1.03. The number of aliphatic hydroxyl groups is 1. The van der Waals surface area contributed by atoms with Gasteiger partial charge in [0.05, 0.1) is 0 Å². The van der Waals surface area contributed by atoms with Crippen molar-refractivity contribution in [2.75, 3.05) is 26.7 Å². The summed E-state index contributed by atoms with van der Waals surface area (Å²) in [6.07, 6.45) is 13.6. The number of hydrogen-bond donors (Lipinski definition) is 1. The Hall–Kier alpha value is -2.64. The molecule has 4 rings (SSSR count). The Morgan fingerprint density at radius 3 is 2.35 bits per heavy atom. The molecule has 2 heteroatoms. The Bertz CT molecular complexity index is 1050. The van der Waals surface area contributed by atoms with Crippen LogP contribution in [0.15, 0.2) is 84.1 Å². The molecule has 0 saturated carbocycles. The van der Waals surface area contributed by atoms with E-state index in [2.05, 4.69) is 97.4 Å². The highest BCUT2D eigenvalue weighted by Gasteiger charge is 2.22. The molecule has 1 aliphatic heterocycles. The Labute approximate surface area is 206 Å². The van der Waals surface area contributed by atoms with Crippen LogP contribution in [-0.2, 0) is 0 Å². The maximum atomic E-state index is 9.33. The van der Waals surface area contributed by atoms with Crippen LogP contribution < -0.4 is 0 Å². The van der Waals surface area contributed by atoms with Crippen molar-refractivity contribution in [1.29, 1.82) is 0 Å². The number of likely N-dealkylation sites (tertiary alicyclic amines) is 1. The zero-order chi connectivity index (χ0) is 23.8. The first-order valence-corrected chi connectivity index (χ1v) is 12.9. The number of aliphatic hydroxyl groups excluding tert-OH is 1. The van der Waals surface area contributed by atoms with Gasteiger partial charge in [0.1, 0.15) is 0 Å². The van der Waals surface area contributed by atoms with E-state index >= 15 is 0 Å². The second-order valence-corrected chi connectivity index (χ2v) is 9.91. The second kappa shape index (κ2) is 12.2. The van der Waals surface area contributed by atoms with Crippen LogP contribution in [0.3, 0.4) is 0 Å². The zero-order valence-corrected chi connectivity index (χ0v) is 20.8. The number of aryl methyl sites for hydroxylation is 1. The smallest absolute Gasteiger partial charge is 0.0431 e. The summed E-state index contributed by atoms with van der Waals surface area (Å²) >= 11 is 0. The molecule has 34 heavy (non-hydrogen) atoms. The van der Waals surface area contributed by atoms with Crippen LogP contribution in [0, 0.1) is 18.8 Å². The molecule has 2 nitrogen and oxygen atoms in total. The van der Waals surface area contributed by atoms with Crippen molar-refractivity contribution >= 4 is 11.1 Å². The third-order valence-electron chi connectivity index (χ3n) is 7.29. The summed E-state index contributed by atoms with van der Waals surface area (Å²) in [6.45, 7) is 4.78. The molecule has 1 saturated heterocycles. The van der Waals surface area contributed by atoms with E-state index in [9.17, 15) is 5.11 Å². The lowest BCUT2D eigenvalue weighted by Gasteiger charge is -2.31. The molecule has 0 unspecified atom stereocenters. The number of unbranched alkanes of at least 4 members (excludes halogenated alkanes) is 1. The topological polar surface area (TPSA) is 23.5 Å². The highest BCUT2D eigenvalue weighted by molar-refractivity contribution is 5.77. The molecule has 0 spiro atoms. The molecule has 2 aliphatic rings. The molecule has 1 atom stereocenters. The van der Waals surface area contributed by atoms with E-state index in [1.54, 1.807) is 0 Å². The van der Waals surface area contributed by atoms with Crippen molar-refractivity contribution in [3.8, 4) is 0 Å². The predicted octanol–water partition coefficient (Wildman–Crippen LogP) is 7.07. The van der Waals surface area contributed by atoms with Gasteiger partial charge < -0.3 is 10.0 Å². The molecule has 1 aliphatic carbocycles. The third kappa shape index (κ3) is 6.48. The van der Waals surface area contributed by atoms with Crippen molar-refractivity contribution in [1.82, 2.24) is 4.90 Å². The molecule has 1 heterocycles. The highest BCUT2D eigenvalue weighted by Crippen LogP contribution is 2.35. The number of benzene rings is 2. The molecule has 1 N–H and O–H groups in total. The van der Waals surface area contributed by atoms with Crippen LogP contribution in [0.5, 0.6) is 0 Å². The zero-order valence-electron chi connectivity index (χ0n) is 20.8. The van der Waals surface area contributed by atoms with E-state index in [-0.39, 0.29) is 6.61 Å². The van der Waals surface area contributed by atoms with Gasteiger partial charge in [0, 0.05) is 23.7 Å². The minimum atomic E-state index is 0.243. The maximum absolute atomic E-state index is 9.33. The van der Waals surface area contributed by atoms with Gasteiger partial charge in [0.25, 0.3) is 0 Å². The van der Waals surface area contributed by atoms with Gasteiger partial charge in [-0.3, -0.25) is 0 Å². The van der Waals surface area contributed by atoms with Gasteiger partial charge in [0.2, 0.25) is 0 Å². The van der Waals surface area contributed by atoms with E-state index in [4.69, 9.17) is 0 Å². The molecule has 178 valence electrons. The lowest BCUT2D eigenvalue weighted by atomic mass is 9.80. The molecule has 2 aromatic carbocycles. The largest absolute Gasteiger partial charge is 0.396 e. The van der Waals surface area contributed by atoms with Crippen LogP contribution >= 0.6 is 0 Å². The van der Waals surface area contributed by atoms with Gasteiger partial charge in [-0.05, 0) is 88.2 Å². The van der Waals surface area contributed by atoms with Crippen LogP contribution in [0.2, 0.25) is 0 Å². The van der Waals surface area contributed by atoms with Gasteiger partial charge in [0.15, 0.2) is 0 Å². The van der Waals surface area contributed by atoms with Crippen LogP contribution in [0.25, 0.3) is 11.1 Å². The van der Waals surface area contributed by atoms with Crippen LogP contribution in [-0.4, -0.2) is 36.8 Å². The Morgan fingerprint density at radius 1 is 0.971 bits per heavy atom. The summed E-state index contributed by atoms with van der Waals surface area (Å²) in [5, 5.41) is 9.33. The van der Waals surface area contributed by atoms with Crippen molar-refractivity contribution in [3.05, 3.63) is 101 Å². The average Bonchev–Trinajstić information content (AvgIpc) is 2.88. The number of piperidine rings is 1. The summed E-state index contributed by atoms with van der Waals surface area (Å²) in [6, 6.07) is 19.5. The van der Waals surface area contributed by atoms with E-state index in [1.807, 2.05) is 0 Å². The van der Waals surface area contributed by atoms with Gasteiger partial charge in [-0.1, -0.05) is 78.4 Å². The molecule has 1 fully saturated rings. The van der Waals surface area contributed by atoms with Gasteiger partial charge in [-0.15, -0.1) is 5.73 Å². The van der Waals surface area contributed by atoms with Crippen molar-refractivity contribution in [3.63, 3.8) is 0 Å². The molecule has 2 aromatic rings. The van der Waals surface area contributed by atoms with Crippen LogP contribution in [0.4, 0.5) is 0 Å². The van der Waals surface area contributed by atoms with E-state index in [0.29, 0.717) is 11.8 Å². The van der Waals surface area contributed by atoms with E-state index in [1.165, 1.54) is 59.3 Å². The first-order chi connectivity index (χ1) is 16.6. The fourth-order valence-electron chi connectivity index (χ4n) is 5.10. The quantitative estimate of drug-likeness (QED) is 0.341. The Morgan fingerprint density at radius 2 is 1.71 bits per heavy atom. The average molecular weight is 454 g/mol. The highest BCUT2D eigenvalue weighted by atomic mass is 16.2. The van der Waals surface area contributed by atoms with Crippen LogP contribution in [0.1, 0.15) is 55.2 Å². The van der Waals surface area contributed by atoms with Crippen molar-refractivity contribution in [2.45, 2.75) is 45.4 Å². The monoisotopic (exact) mass is 453 g/mol. The molecular formula is C32H39NO. The molecular weight excluding hydrogens is 414 g/mol. The minimum absolute atomic E-state index is 0.243. The van der Waals surface area contributed by atoms with Gasteiger partial charge in [-0.2, -0.15) is 0 Å². The van der Waals surface area contributed by atoms with Crippen molar-refractivity contribution < 1.29 is 5.11 Å².